The van der Waals surface area contributed by atoms with Gasteiger partial charge >= 0.3 is 5.97 Å². The Bertz CT molecular complexity index is 548. The van der Waals surface area contributed by atoms with E-state index in [1.165, 1.54) is 0 Å². The van der Waals surface area contributed by atoms with E-state index in [1.807, 2.05) is 17.0 Å². The van der Waals surface area contributed by atoms with Gasteiger partial charge in [-0.15, -0.1) is 0 Å². The second-order valence-corrected chi connectivity index (χ2v) is 6.08. The third-order valence-electron chi connectivity index (χ3n) is 4.70. The lowest BCUT2D eigenvalue weighted by Gasteiger charge is -2.26. The molecule has 1 N–H and O–H groups in total. The molecule has 2 fully saturated rings. The number of carboxylic acid groups (broad SMARTS) is 1. The second-order valence-electron chi connectivity index (χ2n) is 6.08. The Balaban J connectivity index is 1.61. The van der Waals surface area contributed by atoms with E-state index in [0.717, 1.165) is 37.9 Å². The highest BCUT2D eigenvalue weighted by Gasteiger charge is 2.32. The van der Waals surface area contributed by atoms with Crippen molar-refractivity contribution < 1.29 is 19.4 Å². The van der Waals surface area contributed by atoms with Crippen molar-refractivity contribution in [3.8, 4) is 0 Å². The van der Waals surface area contributed by atoms with Gasteiger partial charge in [0.25, 0.3) is 0 Å². The zero-order valence-electron chi connectivity index (χ0n) is 12.5. The third-order valence-corrected chi connectivity index (χ3v) is 4.70. The van der Waals surface area contributed by atoms with Crippen LogP contribution < -0.4 is 0 Å². The number of carbonyl (C=O) groups is 2. The van der Waals surface area contributed by atoms with Crippen molar-refractivity contribution in [1.82, 2.24) is 4.90 Å². The number of carboxylic acids is 1. The number of aromatic carboxylic acids is 1. The molecule has 0 aromatic heterocycles. The highest BCUT2D eigenvalue weighted by molar-refractivity contribution is 5.87. The lowest BCUT2D eigenvalue weighted by molar-refractivity contribution is -0.137. The van der Waals surface area contributed by atoms with Gasteiger partial charge in [-0.1, -0.05) is 12.1 Å². The predicted molar refractivity (Wildman–Crippen MR) is 80.9 cm³/mol. The molecule has 2 aliphatic rings. The largest absolute Gasteiger partial charge is 0.478 e. The third kappa shape index (κ3) is 3.14. The van der Waals surface area contributed by atoms with E-state index in [1.54, 1.807) is 12.1 Å². The van der Waals surface area contributed by atoms with E-state index >= 15 is 0 Å². The normalized spacial score (nSPS) is 22.7. The average Bonchev–Trinajstić information content (AvgIpc) is 3.05. The van der Waals surface area contributed by atoms with E-state index in [0.29, 0.717) is 24.7 Å². The lowest BCUT2D eigenvalue weighted by atomic mass is 9.97. The molecule has 5 heteroatoms. The van der Waals surface area contributed by atoms with Crippen molar-refractivity contribution in [2.24, 2.45) is 5.92 Å². The average molecular weight is 303 g/mol. The summed E-state index contributed by atoms with van der Waals surface area (Å²) in [6.45, 7) is 2.90. The van der Waals surface area contributed by atoms with Gasteiger partial charge < -0.3 is 14.7 Å². The molecular weight excluding hydrogens is 282 g/mol. The van der Waals surface area contributed by atoms with Crippen molar-refractivity contribution in [3.63, 3.8) is 0 Å². The molecule has 5 nitrogen and oxygen atoms in total. The monoisotopic (exact) mass is 303 g/mol. The Labute approximate surface area is 129 Å². The van der Waals surface area contributed by atoms with E-state index in [4.69, 9.17) is 9.84 Å². The van der Waals surface area contributed by atoms with Crippen LogP contribution in [0.3, 0.4) is 0 Å². The zero-order valence-corrected chi connectivity index (χ0v) is 12.5. The minimum Gasteiger partial charge on any atom is -0.478 e. The van der Waals surface area contributed by atoms with Gasteiger partial charge in [-0.25, -0.2) is 4.79 Å². The first-order chi connectivity index (χ1) is 10.6. The van der Waals surface area contributed by atoms with Crippen molar-refractivity contribution in [1.29, 1.82) is 0 Å². The fraction of sp³-hybridized carbons (Fsp3) is 0.529. The summed E-state index contributed by atoms with van der Waals surface area (Å²) in [4.78, 5) is 25.4. The lowest BCUT2D eigenvalue weighted by Crippen LogP contribution is -2.37. The van der Waals surface area contributed by atoms with E-state index in [9.17, 15) is 9.59 Å². The summed E-state index contributed by atoms with van der Waals surface area (Å²) in [7, 11) is 0. The molecule has 1 aromatic rings. The molecule has 0 radical (unpaired) electrons. The fourth-order valence-corrected chi connectivity index (χ4v) is 3.33. The SMILES string of the molecule is O=C(O)c1ccc([C@H]2CCN(C(=O)C3CCOCC3)C2)cc1. The van der Waals surface area contributed by atoms with Crippen LogP contribution in [0.4, 0.5) is 0 Å². The molecule has 2 aliphatic heterocycles. The van der Waals surface area contributed by atoms with E-state index in [2.05, 4.69) is 0 Å². The number of amides is 1. The van der Waals surface area contributed by atoms with Crippen molar-refractivity contribution in [2.45, 2.75) is 25.2 Å². The second kappa shape index (κ2) is 6.48. The number of hydrogen-bond donors (Lipinski definition) is 1. The summed E-state index contributed by atoms with van der Waals surface area (Å²) in [5.41, 5.74) is 1.42. The minimum atomic E-state index is -0.908. The molecular formula is C17H21NO4. The summed E-state index contributed by atoms with van der Waals surface area (Å²) in [6.07, 6.45) is 2.60. The summed E-state index contributed by atoms with van der Waals surface area (Å²) in [5, 5.41) is 8.94. The summed E-state index contributed by atoms with van der Waals surface area (Å²) in [6, 6.07) is 7.02. The maximum atomic E-state index is 12.5. The van der Waals surface area contributed by atoms with Crippen LogP contribution in [0.25, 0.3) is 0 Å². The van der Waals surface area contributed by atoms with Crippen LogP contribution in [0.5, 0.6) is 0 Å². The predicted octanol–water partition coefficient (Wildman–Crippen LogP) is 2.13. The molecule has 0 saturated carbocycles. The molecule has 1 aromatic carbocycles. The molecule has 1 amide bonds. The number of hydrogen-bond acceptors (Lipinski definition) is 3. The standard InChI is InChI=1S/C17H21NO4/c19-16(13-6-9-22-10-7-13)18-8-5-15(11-18)12-1-3-14(4-2-12)17(20)21/h1-4,13,15H,5-11H2,(H,20,21)/t15-/m0/s1. The molecule has 0 unspecified atom stereocenters. The van der Waals surface area contributed by atoms with Gasteiger partial charge in [0, 0.05) is 38.1 Å². The number of likely N-dealkylation sites (tertiary alicyclic amines) is 1. The summed E-state index contributed by atoms with van der Waals surface area (Å²) < 4.78 is 5.31. The molecule has 2 heterocycles. The zero-order chi connectivity index (χ0) is 15.5. The van der Waals surface area contributed by atoms with Crippen LogP contribution in [-0.4, -0.2) is 48.2 Å². The fourth-order valence-electron chi connectivity index (χ4n) is 3.33. The molecule has 2 saturated heterocycles. The smallest absolute Gasteiger partial charge is 0.335 e. The number of nitrogens with zero attached hydrogens (tertiary/aromatic N) is 1. The van der Waals surface area contributed by atoms with Gasteiger partial charge in [-0.05, 0) is 37.0 Å². The molecule has 118 valence electrons. The van der Waals surface area contributed by atoms with Gasteiger partial charge in [0.15, 0.2) is 0 Å². The first kappa shape index (κ1) is 15.0. The van der Waals surface area contributed by atoms with E-state index in [-0.39, 0.29) is 11.8 Å². The van der Waals surface area contributed by atoms with Gasteiger partial charge in [0.05, 0.1) is 5.56 Å². The molecule has 0 bridgehead atoms. The van der Waals surface area contributed by atoms with Crippen LogP contribution in [0.2, 0.25) is 0 Å². The van der Waals surface area contributed by atoms with Gasteiger partial charge in [-0.3, -0.25) is 4.79 Å². The molecule has 0 aliphatic carbocycles. The molecule has 1 atom stereocenters. The Morgan fingerprint density at radius 3 is 2.41 bits per heavy atom. The molecule has 3 rings (SSSR count). The van der Waals surface area contributed by atoms with Crippen molar-refractivity contribution in [2.75, 3.05) is 26.3 Å². The molecule has 0 spiro atoms. The first-order valence-electron chi connectivity index (χ1n) is 7.85. The Hall–Kier alpha value is -1.88. The van der Waals surface area contributed by atoms with Gasteiger partial charge in [-0.2, -0.15) is 0 Å². The maximum Gasteiger partial charge on any atom is 0.335 e. The number of rotatable bonds is 3. The van der Waals surface area contributed by atoms with Gasteiger partial charge in [0.1, 0.15) is 0 Å². The highest BCUT2D eigenvalue weighted by atomic mass is 16.5. The number of benzene rings is 1. The highest BCUT2D eigenvalue weighted by Crippen LogP contribution is 2.29. The van der Waals surface area contributed by atoms with Crippen molar-refractivity contribution >= 4 is 11.9 Å². The maximum absolute atomic E-state index is 12.5. The first-order valence-corrected chi connectivity index (χ1v) is 7.85. The summed E-state index contributed by atoms with van der Waals surface area (Å²) >= 11 is 0. The number of carbonyl (C=O) groups excluding carboxylic acids is 1. The summed E-state index contributed by atoms with van der Waals surface area (Å²) in [5.74, 6) is -0.226. The van der Waals surface area contributed by atoms with Crippen LogP contribution in [0.15, 0.2) is 24.3 Å². The van der Waals surface area contributed by atoms with Crippen LogP contribution in [0.1, 0.15) is 41.1 Å². The Kier molecular flexibility index (Phi) is 4.43. The quantitative estimate of drug-likeness (QED) is 0.929. The van der Waals surface area contributed by atoms with E-state index < -0.39 is 5.97 Å². The van der Waals surface area contributed by atoms with Crippen LogP contribution in [0, 0.1) is 5.92 Å². The number of ether oxygens (including phenoxy) is 1. The van der Waals surface area contributed by atoms with Crippen LogP contribution >= 0.6 is 0 Å². The molecule has 22 heavy (non-hydrogen) atoms. The van der Waals surface area contributed by atoms with Crippen molar-refractivity contribution in [3.05, 3.63) is 35.4 Å². The minimum absolute atomic E-state index is 0.113. The Morgan fingerprint density at radius 2 is 1.77 bits per heavy atom. The Morgan fingerprint density at radius 1 is 1.09 bits per heavy atom. The topological polar surface area (TPSA) is 66.8 Å². The van der Waals surface area contributed by atoms with Gasteiger partial charge in [0.2, 0.25) is 5.91 Å². The van der Waals surface area contributed by atoms with Crippen LogP contribution in [-0.2, 0) is 9.53 Å².